The summed E-state index contributed by atoms with van der Waals surface area (Å²) in [5, 5.41) is 4.53. The molecule has 1 aromatic carbocycles. The summed E-state index contributed by atoms with van der Waals surface area (Å²) in [5.74, 6) is 0.416. The van der Waals surface area contributed by atoms with Crippen molar-refractivity contribution in [1.82, 2.24) is 10.1 Å². The third kappa shape index (κ3) is 3.00. The van der Waals surface area contributed by atoms with Gasteiger partial charge in [-0.25, -0.2) is 0 Å². The second-order valence-corrected chi connectivity index (χ2v) is 5.91. The first-order valence-electron chi connectivity index (χ1n) is 7.42. The van der Waals surface area contributed by atoms with Crippen LogP contribution in [0.15, 0.2) is 34.9 Å². The lowest BCUT2D eigenvalue weighted by molar-refractivity contribution is 0.0613. The van der Waals surface area contributed by atoms with Gasteiger partial charge in [-0.3, -0.25) is 4.79 Å². The molecule has 5 nitrogen and oxygen atoms in total. The highest BCUT2D eigenvalue weighted by molar-refractivity contribution is 6.30. The van der Waals surface area contributed by atoms with Gasteiger partial charge in [-0.1, -0.05) is 28.9 Å². The van der Waals surface area contributed by atoms with Gasteiger partial charge in [0.15, 0.2) is 11.5 Å². The number of hydrogen-bond donors (Lipinski definition) is 1. The third-order valence-corrected chi connectivity index (χ3v) is 4.23. The Morgan fingerprint density at radius 2 is 2.27 bits per heavy atom. The van der Waals surface area contributed by atoms with Gasteiger partial charge in [0.25, 0.3) is 5.91 Å². The van der Waals surface area contributed by atoms with Crippen LogP contribution in [0.3, 0.4) is 0 Å². The van der Waals surface area contributed by atoms with Gasteiger partial charge < -0.3 is 15.2 Å². The molecule has 1 saturated heterocycles. The van der Waals surface area contributed by atoms with Crippen LogP contribution in [0.25, 0.3) is 11.3 Å². The summed E-state index contributed by atoms with van der Waals surface area (Å²) in [6.07, 6.45) is 3.06. The highest BCUT2D eigenvalue weighted by Crippen LogP contribution is 2.25. The molecule has 2 aromatic rings. The Kier molecular flexibility index (Phi) is 4.45. The Labute approximate surface area is 134 Å². The van der Waals surface area contributed by atoms with Crippen molar-refractivity contribution >= 4 is 17.5 Å². The molecule has 0 spiro atoms. The molecule has 1 unspecified atom stereocenters. The summed E-state index contributed by atoms with van der Waals surface area (Å²) in [6, 6.07) is 9.01. The van der Waals surface area contributed by atoms with E-state index in [0.717, 1.165) is 31.4 Å². The van der Waals surface area contributed by atoms with Crippen LogP contribution in [0.4, 0.5) is 0 Å². The van der Waals surface area contributed by atoms with Gasteiger partial charge in [0.2, 0.25) is 0 Å². The van der Waals surface area contributed by atoms with Crippen LogP contribution in [0.1, 0.15) is 29.8 Å². The number of nitrogens with zero attached hydrogens (tertiary/aromatic N) is 2. The molecule has 3 rings (SSSR count). The summed E-state index contributed by atoms with van der Waals surface area (Å²) >= 11 is 5.97. The Balaban J connectivity index is 1.82. The predicted molar refractivity (Wildman–Crippen MR) is 84.7 cm³/mol. The van der Waals surface area contributed by atoms with Gasteiger partial charge in [0, 0.05) is 35.8 Å². The van der Waals surface area contributed by atoms with Crippen LogP contribution in [-0.2, 0) is 0 Å². The summed E-state index contributed by atoms with van der Waals surface area (Å²) in [6.45, 7) is 1.20. The minimum Gasteiger partial charge on any atom is -0.355 e. The summed E-state index contributed by atoms with van der Waals surface area (Å²) in [5.41, 5.74) is 6.88. The van der Waals surface area contributed by atoms with E-state index in [4.69, 9.17) is 21.9 Å². The standard InChI is InChI=1S/C16H18ClN3O2/c17-12-5-3-4-11(8-12)15-9-14(19-22-15)16(21)20-7-2-1-6-13(20)10-18/h3-5,8-9,13H,1-2,6-7,10,18H2. The first-order chi connectivity index (χ1) is 10.7. The molecular formula is C16H18ClN3O2. The number of rotatable bonds is 3. The van der Waals surface area contributed by atoms with Crippen molar-refractivity contribution in [1.29, 1.82) is 0 Å². The molecule has 0 saturated carbocycles. The molecule has 1 fully saturated rings. The van der Waals surface area contributed by atoms with Crippen molar-refractivity contribution in [3.8, 4) is 11.3 Å². The molecule has 2 heterocycles. The topological polar surface area (TPSA) is 72.4 Å². The lowest BCUT2D eigenvalue weighted by Gasteiger charge is -2.34. The monoisotopic (exact) mass is 319 g/mol. The van der Waals surface area contributed by atoms with E-state index in [1.807, 2.05) is 17.0 Å². The van der Waals surface area contributed by atoms with E-state index in [2.05, 4.69) is 5.16 Å². The summed E-state index contributed by atoms with van der Waals surface area (Å²) < 4.78 is 5.30. The minimum atomic E-state index is -0.118. The van der Waals surface area contributed by atoms with Gasteiger partial charge in [-0.15, -0.1) is 0 Å². The fourth-order valence-electron chi connectivity index (χ4n) is 2.81. The van der Waals surface area contributed by atoms with E-state index in [9.17, 15) is 4.79 Å². The molecule has 2 N–H and O–H groups in total. The Bertz CT molecular complexity index is 671. The maximum atomic E-state index is 12.6. The third-order valence-electron chi connectivity index (χ3n) is 4.00. The first-order valence-corrected chi connectivity index (χ1v) is 7.80. The van der Waals surface area contributed by atoms with Gasteiger partial charge >= 0.3 is 0 Å². The van der Waals surface area contributed by atoms with E-state index in [1.165, 1.54) is 0 Å². The number of likely N-dealkylation sites (tertiary alicyclic amines) is 1. The SMILES string of the molecule is NCC1CCCCN1C(=O)c1cc(-c2cccc(Cl)c2)on1. The molecule has 22 heavy (non-hydrogen) atoms. The van der Waals surface area contributed by atoms with Crippen molar-refractivity contribution in [2.24, 2.45) is 5.73 Å². The van der Waals surface area contributed by atoms with E-state index in [-0.39, 0.29) is 11.9 Å². The van der Waals surface area contributed by atoms with E-state index in [0.29, 0.717) is 23.0 Å². The van der Waals surface area contributed by atoms with Crippen LogP contribution >= 0.6 is 11.6 Å². The van der Waals surface area contributed by atoms with Crippen LogP contribution in [-0.4, -0.2) is 35.1 Å². The maximum Gasteiger partial charge on any atom is 0.276 e. The minimum absolute atomic E-state index is 0.0903. The van der Waals surface area contributed by atoms with E-state index in [1.54, 1.807) is 18.2 Å². The molecule has 116 valence electrons. The maximum absolute atomic E-state index is 12.6. The normalized spacial score (nSPS) is 18.5. The lowest BCUT2D eigenvalue weighted by atomic mass is 10.0. The Hall–Kier alpha value is -1.85. The van der Waals surface area contributed by atoms with Crippen LogP contribution in [0, 0.1) is 0 Å². The average Bonchev–Trinajstić information content (AvgIpc) is 3.04. The van der Waals surface area contributed by atoms with Crippen LogP contribution < -0.4 is 5.73 Å². The van der Waals surface area contributed by atoms with Crippen molar-refractivity contribution in [3.63, 3.8) is 0 Å². The number of benzene rings is 1. The number of hydrogen-bond acceptors (Lipinski definition) is 4. The Morgan fingerprint density at radius 3 is 3.05 bits per heavy atom. The molecule has 1 amide bonds. The molecular weight excluding hydrogens is 302 g/mol. The van der Waals surface area contributed by atoms with Crippen molar-refractivity contribution in [3.05, 3.63) is 41.0 Å². The highest BCUT2D eigenvalue weighted by Gasteiger charge is 2.28. The van der Waals surface area contributed by atoms with Gasteiger partial charge in [0.05, 0.1) is 0 Å². The molecule has 0 aliphatic carbocycles. The van der Waals surface area contributed by atoms with Crippen LogP contribution in [0.2, 0.25) is 5.02 Å². The molecule has 6 heteroatoms. The summed E-state index contributed by atoms with van der Waals surface area (Å²) in [7, 11) is 0. The fraction of sp³-hybridized carbons (Fsp3) is 0.375. The van der Waals surface area contributed by atoms with E-state index < -0.39 is 0 Å². The number of carbonyl (C=O) groups is 1. The van der Waals surface area contributed by atoms with Crippen molar-refractivity contribution in [2.45, 2.75) is 25.3 Å². The van der Waals surface area contributed by atoms with Gasteiger partial charge in [-0.05, 0) is 31.4 Å². The molecule has 1 aliphatic heterocycles. The van der Waals surface area contributed by atoms with E-state index >= 15 is 0 Å². The number of amides is 1. The number of piperidine rings is 1. The molecule has 1 aromatic heterocycles. The largest absolute Gasteiger partial charge is 0.355 e. The number of carbonyl (C=O) groups excluding carboxylic acids is 1. The lowest BCUT2D eigenvalue weighted by Crippen LogP contribution is -2.47. The van der Waals surface area contributed by atoms with Crippen molar-refractivity contribution < 1.29 is 9.32 Å². The van der Waals surface area contributed by atoms with Crippen molar-refractivity contribution in [2.75, 3.05) is 13.1 Å². The smallest absolute Gasteiger partial charge is 0.276 e. The number of aromatic nitrogens is 1. The first kappa shape index (κ1) is 15.1. The Morgan fingerprint density at radius 1 is 1.41 bits per heavy atom. The fourth-order valence-corrected chi connectivity index (χ4v) is 3.00. The second-order valence-electron chi connectivity index (χ2n) is 5.47. The quantitative estimate of drug-likeness (QED) is 0.944. The number of nitrogens with two attached hydrogens (primary N) is 1. The van der Waals surface area contributed by atoms with Crippen LogP contribution in [0.5, 0.6) is 0 Å². The zero-order chi connectivity index (χ0) is 15.5. The molecule has 0 radical (unpaired) electrons. The number of halogens is 1. The van der Waals surface area contributed by atoms with Gasteiger partial charge in [0.1, 0.15) is 0 Å². The second kappa shape index (κ2) is 6.50. The molecule has 1 atom stereocenters. The average molecular weight is 320 g/mol. The zero-order valence-corrected chi connectivity index (χ0v) is 12.9. The molecule has 1 aliphatic rings. The predicted octanol–water partition coefficient (Wildman–Crippen LogP) is 2.95. The highest BCUT2D eigenvalue weighted by atomic mass is 35.5. The zero-order valence-electron chi connectivity index (χ0n) is 12.2. The van der Waals surface area contributed by atoms with Gasteiger partial charge in [-0.2, -0.15) is 0 Å². The molecule has 0 bridgehead atoms. The summed E-state index contributed by atoms with van der Waals surface area (Å²) in [4.78, 5) is 14.4.